The van der Waals surface area contributed by atoms with Gasteiger partial charge in [0.05, 0.1) is 19.7 Å². The Morgan fingerprint density at radius 2 is 2.00 bits per heavy atom. The van der Waals surface area contributed by atoms with E-state index in [2.05, 4.69) is 15.6 Å². The van der Waals surface area contributed by atoms with Crippen molar-refractivity contribution in [1.29, 1.82) is 0 Å². The molecule has 27 heavy (non-hydrogen) atoms. The summed E-state index contributed by atoms with van der Waals surface area (Å²) in [6.07, 6.45) is 0. The van der Waals surface area contributed by atoms with Crippen molar-refractivity contribution in [3.8, 4) is 5.75 Å². The smallest absolute Gasteiger partial charge is 0.284 e. The average molecular weight is 486 g/mol. The van der Waals surface area contributed by atoms with Crippen molar-refractivity contribution < 1.29 is 13.9 Å². The number of primary amides is 1. The van der Waals surface area contributed by atoms with E-state index in [-0.39, 0.29) is 29.7 Å². The highest BCUT2D eigenvalue weighted by atomic mass is 127. The molecule has 0 saturated carbocycles. The van der Waals surface area contributed by atoms with Gasteiger partial charge in [-0.2, -0.15) is 0 Å². The largest absolute Gasteiger partial charge is 0.494 e. The summed E-state index contributed by atoms with van der Waals surface area (Å²) in [6, 6.07) is 9.36. The van der Waals surface area contributed by atoms with E-state index in [0.29, 0.717) is 31.4 Å². The van der Waals surface area contributed by atoms with E-state index in [9.17, 15) is 4.79 Å². The molecule has 1 amide bonds. The van der Waals surface area contributed by atoms with Gasteiger partial charge in [-0.1, -0.05) is 12.1 Å². The minimum absolute atomic E-state index is 0. The third-order valence-corrected chi connectivity index (χ3v) is 3.61. The summed E-state index contributed by atoms with van der Waals surface area (Å²) in [7, 11) is 0. The maximum Gasteiger partial charge on any atom is 0.284 e. The maximum absolute atomic E-state index is 11.1. The quantitative estimate of drug-likeness (QED) is 0.303. The molecule has 0 spiro atoms. The number of aryl methyl sites for hydroxylation is 1. The molecule has 2 rings (SSSR count). The van der Waals surface area contributed by atoms with Crippen LogP contribution in [0.2, 0.25) is 0 Å². The third kappa shape index (κ3) is 7.12. The van der Waals surface area contributed by atoms with Gasteiger partial charge in [0.1, 0.15) is 11.5 Å². The third-order valence-electron chi connectivity index (χ3n) is 3.61. The van der Waals surface area contributed by atoms with Crippen LogP contribution >= 0.6 is 24.0 Å². The molecule has 7 nitrogen and oxygen atoms in total. The van der Waals surface area contributed by atoms with Gasteiger partial charge in [-0.25, -0.2) is 4.99 Å². The molecule has 1 aromatic carbocycles. The Morgan fingerprint density at radius 3 is 2.63 bits per heavy atom. The number of ether oxygens (including phenoxy) is 1. The number of aliphatic imine (C=N–C) groups is 1. The first-order chi connectivity index (χ1) is 12.5. The first-order valence-corrected chi connectivity index (χ1v) is 8.66. The predicted octanol–water partition coefficient (Wildman–Crippen LogP) is 2.96. The number of hydrogen-bond donors (Lipinski definition) is 3. The van der Waals surface area contributed by atoms with Gasteiger partial charge < -0.3 is 25.5 Å². The van der Waals surface area contributed by atoms with Gasteiger partial charge in [0.2, 0.25) is 0 Å². The molecule has 1 heterocycles. The van der Waals surface area contributed by atoms with E-state index in [0.717, 1.165) is 23.4 Å². The zero-order valence-electron chi connectivity index (χ0n) is 15.9. The van der Waals surface area contributed by atoms with Crippen LogP contribution < -0.4 is 21.1 Å². The molecule has 4 N–H and O–H groups in total. The van der Waals surface area contributed by atoms with Crippen LogP contribution in [0.1, 0.15) is 41.3 Å². The molecule has 0 aliphatic carbocycles. The number of carbonyl (C=O) groups excluding carboxylic acids is 1. The second kappa shape index (κ2) is 11.5. The highest BCUT2D eigenvalue weighted by molar-refractivity contribution is 14.0. The Labute approximate surface area is 176 Å². The first kappa shape index (κ1) is 22.8. The topological polar surface area (TPSA) is 102 Å². The van der Waals surface area contributed by atoms with Crippen LogP contribution in [-0.4, -0.2) is 25.0 Å². The molecule has 2 aromatic rings. The maximum atomic E-state index is 11.1. The first-order valence-electron chi connectivity index (χ1n) is 8.66. The lowest BCUT2D eigenvalue weighted by Gasteiger charge is -2.12. The van der Waals surface area contributed by atoms with Crippen molar-refractivity contribution in [2.75, 3.05) is 13.2 Å². The molecule has 0 aliphatic heterocycles. The van der Waals surface area contributed by atoms with E-state index in [4.69, 9.17) is 14.9 Å². The predicted molar refractivity (Wildman–Crippen MR) is 117 cm³/mol. The van der Waals surface area contributed by atoms with Crippen molar-refractivity contribution in [2.45, 2.75) is 33.9 Å². The molecule has 148 valence electrons. The van der Waals surface area contributed by atoms with Crippen molar-refractivity contribution in [3.05, 3.63) is 53.0 Å². The minimum Gasteiger partial charge on any atom is -0.494 e. The molecule has 0 radical (unpaired) electrons. The monoisotopic (exact) mass is 486 g/mol. The highest BCUT2D eigenvalue weighted by Gasteiger charge is 2.08. The van der Waals surface area contributed by atoms with Crippen molar-refractivity contribution >= 4 is 35.8 Å². The molecule has 8 heteroatoms. The van der Waals surface area contributed by atoms with Crippen molar-refractivity contribution in [1.82, 2.24) is 10.6 Å². The average Bonchev–Trinajstić information content (AvgIpc) is 3.08. The fraction of sp³-hybridized carbons (Fsp3) is 0.368. The second-order valence-electron chi connectivity index (χ2n) is 5.72. The van der Waals surface area contributed by atoms with Gasteiger partial charge in [-0.15, -0.1) is 24.0 Å². The highest BCUT2D eigenvalue weighted by Crippen LogP contribution is 2.21. The number of nitrogens with two attached hydrogens (primary N) is 1. The second-order valence-corrected chi connectivity index (χ2v) is 5.72. The number of nitrogens with one attached hydrogen (secondary N) is 2. The molecular weight excluding hydrogens is 459 g/mol. The Hall–Kier alpha value is -2.23. The van der Waals surface area contributed by atoms with E-state index in [1.54, 1.807) is 12.1 Å². The number of nitrogens with zero attached hydrogens (tertiary/aromatic N) is 1. The van der Waals surface area contributed by atoms with Gasteiger partial charge >= 0.3 is 0 Å². The molecule has 0 aliphatic rings. The summed E-state index contributed by atoms with van der Waals surface area (Å²) < 4.78 is 11.1. The molecule has 0 unspecified atom stereocenters. The van der Waals surface area contributed by atoms with Gasteiger partial charge in [-0.05, 0) is 44.5 Å². The zero-order chi connectivity index (χ0) is 18.9. The Balaban J connectivity index is 0.00000364. The van der Waals surface area contributed by atoms with Gasteiger partial charge in [0.15, 0.2) is 11.7 Å². The fourth-order valence-corrected chi connectivity index (χ4v) is 2.36. The number of amides is 1. The fourth-order valence-electron chi connectivity index (χ4n) is 2.36. The number of carbonyl (C=O) groups is 1. The van der Waals surface area contributed by atoms with Gasteiger partial charge in [-0.3, -0.25) is 4.79 Å². The number of benzene rings is 1. The number of guanidine groups is 1. The number of furan rings is 1. The summed E-state index contributed by atoms with van der Waals surface area (Å²) in [5.41, 5.74) is 7.36. The van der Waals surface area contributed by atoms with E-state index >= 15 is 0 Å². The van der Waals surface area contributed by atoms with Crippen LogP contribution in [0.4, 0.5) is 0 Å². The zero-order valence-corrected chi connectivity index (χ0v) is 18.2. The minimum atomic E-state index is -0.584. The van der Waals surface area contributed by atoms with Crippen LogP contribution in [0.15, 0.2) is 39.7 Å². The summed E-state index contributed by atoms with van der Waals surface area (Å²) in [4.78, 5) is 15.7. The van der Waals surface area contributed by atoms with Crippen molar-refractivity contribution in [2.24, 2.45) is 10.7 Å². The van der Waals surface area contributed by atoms with Crippen LogP contribution in [0, 0.1) is 6.92 Å². The molecule has 0 bridgehead atoms. The van der Waals surface area contributed by atoms with Crippen LogP contribution in [0.25, 0.3) is 0 Å². The van der Waals surface area contributed by atoms with E-state index in [1.807, 2.05) is 39.0 Å². The normalized spacial score (nSPS) is 10.9. The van der Waals surface area contributed by atoms with Gasteiger partial charge in [0, 0.05) is 12.1 Å². The van der Waals surface area contributed by atoms with Gasteiger partial charge in [0.25, 0.3) is 5.91 Å². The van der Waals surface area contributed by atoms with E-state index < -0.39 is 5.91 Å². The molecule has 0 fully saturated rings. The number of halogens is 1. The Kier molecular flexibility index (Phi) is 9.70. The molecule has 0 saturated heterocycles. The number of hydrogen-bond acceptors (Lipinski definition) is 4. The lowest BCUT2D eigenvalue weighted by molar-refractivity contribution is 0.0972. The molecule has 1 aromatic heterocycles. The lowest BCUT2D eigenvalue weighted by atomic mass is 10.1. The van der Waals surface area contributed by atoms with Crippen LogP contribution in [-0.2, 0) is 13.1 Å². The summed E-state index contributed by atoms with van der Waals surface area (Å²) in [5, 5.41) is 6.35. The lowest BCUT2D eigenvalue weighted by Crippen LogP contribution is -2.36. The van der Waals surface area contributed by atoms with Crippen LogP contribution in [0.3, 0.4) is 0 Å². The van der Waals surface area contributed by atoms with E-state index in [1.165, 1.54) is 0 Å². The standard InChI is InChI=1S/C19H26N4O3.HI/c1-4-21-19(23-12-15-8-9-16(26-15)18(20)24)22-11-14-7-6-13(3)10-17(14)25-5-2;/h6-10H,4-5,11-12H2,1-3H3,(H2,20,24)(H2,21,22,23);1H. The summed E-state index contributed by atoms with van der Waals surface area (Å²) >= 11 is 0. The molecular formula is C19H27IN4O3. The number of rotatable bonds is 8. The Bertz CT molecular complexity index is 774. The summed E-state index contributed by atoms with van der Waals surface area (Å²) in [6.45, 7) is 8.20. The SMILES string of the molecule is CCNC(=NCc1ccc(C)cc1OCC)NCc1ccc(C(N)=O)o1.I. The van der Waals surface area contributed by atoms with Crippen LogP contribution in [0.5, 0.6) is 5.75 Å². The summed E-state index contributed by atoms with van der Waals surface area (Å²) in [5.74, 6) is 1.66. The van der Waals surface area contributed by atoms with Crippen molar-refractivity contribution in [3.63, 3.8) is 0 Å². The Morgan fingerprint density at radius 1 is 1.22 bits per heavy atom. The molecule has 0 atom stereocenters.